The molecule has 1 amide bonds. The van der Waals surface area contributed by atoms with Crippen molar-refractivity contribution in [3.8, 4) is 6.07 Å². The summed E-state index contributed by atoms with van der Waals surface area (Å²) in [4.78, 5) is 23.9. The molecule has 0 spiro atoms. The molecule has 0 aliphatic heterocycles. The molecule has 0 unspecified atom stereocenters. The number of amides is 1. The minimum Gasteiger partial charge on any atom is -0.365 e. The van der Waals surface area contributed by atoms with Gasteiger partial charge < -0.3 is 5.73 Å². The number of nitriles is 1. The summed E-state index contributed by atoms with van der Waals surface area (Å²) in [6.45, 7) is 0. The lowest BCUT2D eigenvalue weighted by molar-refractivity contribution is -0.114. The van der Waals surface area contributed by atoms with Crippen molar-refractivity contribution in [2.75, 3.05) is 0 Å². The molecular formula is C8H6N4O2S. The molecule has 0 aromatic carbocycles. The van der Waals surface area contributed by atoms with Crippen molar-refractivity contribution >= 4 is 24.3 Å². The summed E-state index contributed by atoms with van der Waals surface area (Å²) >= 11 is 4.79. The minimum atomic E-state index is -0.856. The molecule has 0 atom stereocenters. The van der Waals surface area contributed by atoms with Gasteiger partial charge in [-0.3, -0.25) is 19.1 Å². The fourth-order valence-electron chi connectivity index (χ4n) is 0.816. The van der Waals surface area contributed by atoms with E-state index in [2.05, 4.69) is 4.98 Å². The second-order valence-electron chi connectivity index (χ2n) is 2.54. The third-order valence-electron chi connectivity index (χ3n) is 1.51. The highest BCUT2D eigenvalue weighted by molar-refractivity contribution is 7.71. The van der Waals surface area contributed by atoms with Crippen LogP contribution in [0.5, 0.6) is 0 Å². The lowest BCUT2D eigenvalue weighted by Gasteiger charge is -1.98. The van der Waals surface area contributed by atoms with Crippen LogP contribution in [0, 0.1) is 16.1 Å². The van der Waals surface area contributed by atoms with Crippen molar-refractivity contribution in [1.29, 1.82) is 5.26 Å². The third kappa shape index (κ3) is 2.62. The second-order valence-corrected chi connectivity index (χ2v) is 2.92. The average Bonchev–Trinajstić information content (AvgIpc) is 2.16. The molecular weight excluding hydrogens is 216 g/mol. The number of nitrogens with zero attached hydrogens (tertiary/aromatic N) is 2. The summed E-state index contributed by atoms with van der Waals surface area (Å²) in [7, 11) is 0. The summed E-state index contributed by atoms with van der Waals surface area (Å²) in [5, 5.41) is 8.56. The maximum absolute atomic E-state index is 10.8. The number of aromatic nitrogens is 2. The van der Waals surface area contributed by atoms with Gasteiger partial charge in [0.25, 0.3) is 11.5 Å². The largest absolute Gasteiger partial charge is 0.365 e. The van der Waals surface area contributed by atoms with Crippen molar-refractivity contribution in [1.82, 2.24) is 9.55 Å². The molecule has 7 heteroatoms. The Morgan fingerprint density at radius 3 is 2.87 bits per heavy atom. The van der Waals surface area contributed by atoms with Gasteiger partial charge in [0.05, 0.1) is 0 Å². The third-order valence-corrected chi connectivity index (χ3v) is 1.82. The van der Waals surface area contributed by atoms with Crippen LogP contribution >= 0.6 is 12.2 Å². The van der Waals surface area contributed by atoms with E-state index in [4.69, 9.17) is 23.2 Å². The Morgan fingerprint density at radius 1 is 1.73 bits per heavy atom. The smallest absolute Gasteiger partial charge is 0.260 e. The van der Waals surface area contributed by atoms with Crippen molar-refractivity contribution in [2.45, 2.75) is 0 Å². The first-order valence-corrected chi connectivity index (χ1v) is 4.18. The van der Waals surface area contributed by atoms with Crippen LogP contribution in [0.3, 0.4) is 0 Å². The average molecular weight is 222 g/mol. The van der Waals surface area contributed by atoms with Crippen LogP contribution in [0.2, 0.25) is 0 Å². The number of hydrogen-bond acceptors (Lipinski definition) is 4. The highest BCUT2D eigenvalue weighted by atomic mass is 32.1. The molecule has 6 nitrogen and oxygen atoms in total. The molecule has 0 fully saturated rings. The molecule has 0 aliphatic carbocycles. The Kier molecular flexibility index (Phi) is 3.15. The van der Waals surface area contributed by atoms with E-state index in [1.807, 2.05) is 0 Å². The van der Waals surface area contributed by atoms with Gasteiger partial charge in [-0.2, -0.15) is 5.26 Å². The van der Waals surface area contributed by atoms with E-state index < -0.39 is 5.91 Å². The maximum atomic E-state index is 10.8. The predicted octanol–water partition coefficient (Wildman–Crippen LogP) is -0.244. The van der Waals surface area contributed by atoms with Gasteiger partial charge in [-0.25, -0.2) is 0 Å². The van der Waals surface area contributed by atoms with E-state index in [-0.39, 0.29) is 15.9 Å². The first-order valence-electron chi connectivity index (χ1n) is 3.78. The predicted molar refractivity (Wildman–Crippen MR) is 55.0 cm³/mol. The Hall–Kier alpha value is -2.20. The highest BCUT2D eigenvalue weighted by Crippen LogP contribution is 1.96. The van der Waals surface area contributed by atoms with Crippen molar-refractivity contribution in [3.05, 3.63) is 33.0 Å². The van der Waals surface area contributed by atoms with E-state index in [1.165, 1.54) is 16.8 Å². The summed E-state index contributed by atoms with van der Waals surface area (Å²) < 4.78 is 1.33. The van der Waals surface area contributed by atoms with E-state index in [9.17, 15) is 9.59 Å². The first kappa shape index (κ1) is 10.9. The van der Waals surface area contributed by atoms with Crippen molar-refractivity contribution in [3.63, 3.8) is 0 Å². The number of primary amides is 1. The number of carbonyl (C=O) groups excluding carboxylic acids is 1. The van der Waals surface area contributed by atoms with Crippen LogP contribution in [0.1, 0.15) is 0 Å². The zero-order valence-electron chi connectivity index (χ0n) is 7.43. The molecule has 1 aromatic heterocycles. The van der Waals surface area contributed by atoms with Gasteiger partial charge in [-0.05, 0) is 12.2 Å². The molecule has 0 bridgehead atoms. The maximum Gasteiger partial charge on any atom is 0.260 e. The van der Waals surface area contributed by atoms with Gasteiger partial charge >= 0.3 is 0 Å². The van der Waals surface area contributed by atoms with Gasteiger partial charge in [0.2, 0.25) is 0 Å². The Bertz CT molecular complexity index is 575. The standard InChI is InChI=1S/C8H6N4O2S/c9-3-5(7(10)14)4-12-2-1-6(13)11-8(12)15/h1-2,4H,(H2,10,14)(H,11,13,15)/b5-4+. The Balaban J connectivity index is 3.32. The zero-order chi connectivity index (χ0) is 11.4. The van der Waals surface area contributed by atoms with Crippen LogP contribution in [0.25, 0.3) is 6.20 Å². The summed E-state index contributed by atoms with van der Waals surface area (Å²) in [6, 6.07) is 2.83. The second kappa shape index (κ2) is 4.34. The molecule has 1 heterocycles. The molecule has 76 valence electrons. The number of rotatable bonds is 2. The zero-order valence-corrected chi connectivity index (χ0v) is 8.25. The topological polar surface area (TPSA) is 105 Å². The molecule has 0 saturated heterocycles. The molecule has 1 rings (SSSR count). The fraction of sp³-hybridized carbons (Fsp3) is 0. The number of H-pyrrole nitrogens is 1. The van der Waals surface area contributed by atoms with Crippen LogP contribution in [-0.4, -0.2) is 15.5 Å². The van der Waals surface area contributed by atoms with Gasteiger partial charge in [0.15, 0.2) is 4.77 Å². The first-order chi connectivity index (χ1) is 7.04. The summed E-state index contributed by atoms with van der Waals surface area (Å²) in [6.07, 6.45) is 2.49. The lowest BCUT2D eigenvalue weighted by atomic mass is 10.3. The Morgan fingerprint density at radius 2 is 2.40 bits per heavy atom. The number of hydrogen-bond donors (Lipinski definition) is 2. The van der Waals surface area contributed by atoms with Crippen LogP contribution in [-0.2, 0) is 4.79 Å². The van der Waals surface area contributed by atoms with Gasteiger partial charge in [-0.15, -0.1) is 0 Å². The molecule has 0 radical (unpaired) electrons. The molecule has 0 aliphatic rings. The highest BCUT2D eigenvalue weighted by Gasteiger charge is 2.02. The summed E-state index contributed by atoms with van der Waals surface area (Å²) in [5.41, 5.74) is 4.32. The van der Waals surface area contributed by atoms with Crippen LogP contribution in [0.15, 0.2) is 22.6 Å². The van der Waals surface area contributed by atoms with Crippen molar-refractivity contribution in [2.24, 2.45) is 5.73 Å². The van der Waals surface area contributed by atoms with Gasteiger partial charge in [0, 0.05) is 18.5 Å². The quantitative estimate of drug-likeness (QED) is 0.409. The fourth-order valence-corrected chi connectivity index (χ4v) is 1.03. The minimum absolute atomic E-state index is 0.0801. The van der Waals surface area contributed by atoms with Crippen LogP contribution in [0.4, 0.5) is 0 Å². The number of carbonyl (C=O) groups is 1. The Labute approximate surface area is 89.3 Å². The van der Waals surface area contributed by atoms with Gasteiger partial charge in [-0.1, -0.05) is 0 Å². The normalized spacial score (nSPS) is 10.7. The number of nitrogens with one attached hydrogen (secondary N) is 1. The summed E-state index contributed by atoms with van der Waals surface area (Å²) in [5.74, 6) is -0.856. The monoisotopic (exact) mass is 222 g/mol. The van der Waals surface area contributed by atoms with Gasteiger partial charge in [0.1, 0.15) is 11.6 Å². The lowest BCUT2D eigenvalue weighted by Crippen LogP contribution is -2.14. The molecule has 3 N–H and O–H groups in total. The van der Waals surface area contributed by atoms with Crippen molar-refractivity contribution < 1.29 is 4.79 Å². The van der Waals surface area contributed by atoms with E-state index in [0.29, 0.717) is 0 Å². The van der Waals surface area contributed by atoms with E-state index in [0.717, 1.165) is 6.20 Å². The molecule has 15 heavy (non-hydrogen) atoms. The number of nitrogens with two attached hydrogens (primary N) is 1. The molecule has 0 saturated carbocycles. The molecule has 1 aromatic rings. The van der Waals surface area contributed by atoms with Crippen LogP contribution < -0.4 is 11.3 Å². The van der Waals surface area contributed by atoms with E-state index >= 15 is 0 Å². The number of aromatic amines is 1. The SMILES string of the molecule is N#C/C(=C\n1ccc(=O)[nH]c1=S)C(N)=O. The van der Waals surface area contributed by atoms with E-state index in [1.54, 1.807) is 6.07 Å².